The molecule has 0 aliphatic carbocycles. The van der Waals surface area contributed by atoms with Gasteiger partial charge in [0.05, 0.1) is 18.6 Å². The molecule has 6 heteroatoms. The Morgan fingerprint density at radius 2 is 1.74 bits per heavy atom. The maximum atomic E-state index is 12.6. The van der Waals surface area contributed by atoms with Crippen LogP contribution in [0.4, 0.5) is 13.2 Å². The molecule has 0 aliphatic heterocycles. The largest absolute Gasteiger partial charge is 0.496 e. The van der Waals surface area contributed by atoms with Crippen molar-refractivity contribution in [2.75, 3.05) is 7.11 Å². The Bertz CT molecular complexity index is 706. The Morgan fingerprint density at radius 1 is 1.13 bits per heavy atom. The zero-order valence-corrected chi connectivity index (χ0v) is 12.5. The van der Waals surface area contributed by atoms with Crippen LogP contribution in [0.5, 0.6) is 5.75 Å². The van der Waals surface area contributed by atoms with Gasteiger partial charge in [-0.15, -0.1) is 0 Å². The molecular formula is C17H15F3O3. The van der Waals surface area contributed by atoms with E-state index in [2.05, 4.69) is 0 Å². The number of hydrogen-bond acceptors (Lipinski definition) is 2. The van der Waals surface area contributed by atoms with Crippen LogP contribution < -0.4 is 4.74 Å². The van der Waals surface area contributed by atoms with Crippen LogP contribution in [0.3, 0.4) is 0 Å². The topological polar surface area (TPSA) is 46.5 Å². The van der Waals surface area contributed by atoms with E-state index in [9.17, 15) is 18.0 Å². The average Bonchev–Trinajstić information content (AvgIpc) is 2.52. The molecule has 3 nitrogen and oxygen atoms in total. The summed E-state index contributed by atoms with van der Waals surface area (Å²) in [4.78, 5) is 11.0. The predicted molar refractivity (Wildman–Crippen MR) is 79.5 cm³/mol. The van der Waals surface area contributed by atoms with Gasteiger partial charge in [0.25, 0.3) is 0 Å². The first kappa shape index (κ1) is 16.9. The van der Waals surface area contributed by atoms with Crippen molar-refractivity contribution in [3.63, 3.8) is 0 Å². The first-order valence-electron chi connectivity index (χ1n) is 6.82. The highest BCUT2D eigenvalue weighted by atomic mass is 19.4. The van der Waals surface area contributed by atoms with Crippen molar-refractivity contribution in [2.45, 2.75) is 19.0 Å². The van der Waals surface area contributed by atoms with Gasteiger partial charge in [0, 0.05) is 5.56 Å². The molecule has 0 saturated heterocycles. The fourth-order valence-electron chi connectivity index (χ4n) is 2.20. The van der Waals surface area contributed by atoms with Crippen LogP contribution in [0, 0.1) is 0 Å². The van der Waals surface area contributed by atoms with E-state index >= 15 is 0 Å². The minimum absolute atomic E-state index is 0.412. The monoisotopic (exact) mass is 324 g/mol. The molecule has 0 spiro atoms. The fourth-order valence-corrected chi connectivity index (χ4v) is 2.20. The zero-order chi connectivity index (χ0) is 17.2. The van der Waals surface area contributed by atoms with Gasteiger partial charge in [-0.1, -0.05) is 24.3 Å². The number of rotatable bonds is 4. The number of hydrogen-bond donors (Lipinski definition) is 1. The lowest BCUT2D eigenvalue weighted by molar-refractivity contribution is -0.138. The Hall–Kier alpha value is -2.50. The highest BCUT2D eigenvalue weighted by molar-refractivity contribution is 5.77. The summed E-state index contributed by atoms with van der Waals surface area (Å²) < 4.78 is 43.1. The van der Waals surface area contributed by atoms with Crippen LogP contribution in [0.15, 0.2) is 42.5 Å². The highest BCUT2D eigenvalue weighted by Gasteiger charge is 2.30. The van der Waals surface area contributed by atoms with Crippen LogP contribution in [0.25, 0.3) is 11.1 Å². The van der Waals surface area contributed by atoms with Crippen LogP contribution in [0.1, 0.15) is 24.0 Å². The molecule has 2 rings (SSSR count). The summed E-state index contributed by atoms with van der Waals surface area (Å²) in [5.74, 6) is -1.25. The van der Waals surface area contributed by atoms with E-state index in [1.165, 1.54) is 19.2 Å². The molecule has 122 valence electrons. The molecule has 1 unspecified atom stereocenters. The average molecular weight is 324 g/mol. The Kier molecular flexibility index (Phi) is 4.63. The molecular weight excluding hydrogens is 309 g/mol. The molecule has 23 heavy (non-hydrogen) atoms. The molecule has 0 heterocycles. The molecule has 0 amide bonds. The molecule has 0 radical (unpaired) electrons. The van der Waals surface area contributed by atoms with Gasteiger partial charge >= 0.3 is 12.1 Å². The third-order valence-corrected chi connectivity index (χ3v) is 3.62. The minimum Gasteiger partial charge on any atom is -0.496 e. The summed E-state index contributed by atoms with van der Waals surface area (Å²) in [6, 6.07) is 9.60. The fraction of sp³-hybridized carbons (Fsp3) is 0.235. The first-order valence-corrected chi connectivity index (χ1v) is 6.82. The van der Waals surface area contributed by atoms with E-state index in [0.717, 1.165) is 12.1 Å². The normalized spacial score (nSPS) is 12.7. The van der Waals surface area contributed by atoms with Crippen molar-refractivity contribution in [3.8, 4) is 16.9 Å². The van der Waals surface area contributed by atoms with Crippen LogP contribution in [0.2, 0.25) is 0 Å². The molecule has 1 atom stereocenters. The van der Waals surface area contributed by atoms with E-state index < -0.39 is 23.6 Å². The second-order valence-electron chi connectivity index (χ2n) is 5.09. The van der Waals surface area contributed by atoms with Gasteiger partial charge in [-0.05, 0) is 36.2 Å². The van der Waals surface area contributed by atoms with Crippen LogP contribution >= 0.6 is 0 Å². The maximum absolute atomic E-state index is 12.6. The Balaban J connectivity index is 2.41. The second-order valence-corrected chi connectivity index (χ2v) is 5.09. The van der Waals surface area contributed by atoms with Gasteiger partial charge in [-0.3, -0.25) is 4.79 Å². The van der Waals surface area contributed by atoms with E-state index in [4.69, 9.17) is 9.84 Å². The highest BCUT2D eigenvalue weighted by Crippen LogP contribution is 2.35. The standard InChI is InChI=1S/C17H15F3O3/c1-10(16(21)22)12-5-8-14(15(9-12)23-2)11-3-6-13(7-4-11)17(18,19)20/h3-10H,1-2H3,(H,21,22). The Morgan fingerprint density at radius 3 is 2.22 bits per heavy atom. The molecule has 0 fully saturated rings. The second kappa shape index (κ2) is 6.32. The number of methoxy groups -OCH3 is 1. The number of carboxylic acids is 1. The van der Waals surface area contributed by atoms with Crippen LogP contribution in [-0.4, -0.2) is 18.2 Å². The van der Waals surface area contributed by atoms with E-state index in [1.807, 2.05) is 0 Å². The summed E-state index contributed by atoms with van der Waals surface area (Å²) in [6.45, 7) is 1.55. The third-order valence-electron chi connectivity index (χ3n) is 3.62. The number of halogens is 3. The van der Waals surface area contributed by atoms with Crippen molar-refractivity contribution >= 4 is 5.97 Å². The molecule has 0 saturated carbocycles. The summed E-state index contributed by atoms with van der Waals surface area (Å²) in [6.07, 6.45) is -4.39. The maximum Gasteiger partial charge on any atom is 0.416 e. The Labute approximate surface area is 131 Å². The summed E-state index contributed by atoms with van der Waals surface area (Å²) in [5.41, 5.74) is 0.994. The summed E-state index contributed by atoms with van der Waals surface area (Å²) >= 11 is 0. The minimum atomic E-state index is -4.39. The quantitative estimate of drug-likeness (QED) is 0.896. The molecule has 1 N–H and O–H groups in total. The number of carbonyl (C=O) groups is 1. The molecule has 0 aliphatic rings. The lowest BCUT2D eigenvalue weighted by Gasteiger charge is -2.14. The number of alkyl halides is 3. The van der Waals surface area contributed by atoms with Gasteiger partial charge in [-0.2, -0.15) is 13.2 Å². The SMILES string of the molecule is COc1cc(C(C)C(=O)O)ccc1-c1ccc(C(F)(F)F)cc1. The van der Waals surface area contributed by atoms with Gasteiger partial charge in [-0.25, -0.2) is 0 Å². The van der Waals surface area contributed by atoms with Crippen molar-refractivity contribution < 1.29 is 27.8 Å². The molecule has 2 aromatic carbocycles. The van der Waals surface area contributed by atoms with E-state index in [-0.39, 0.29) is 0 Å². The van der Waals surface area contributed by atoms with E-state index in [1.54, 1.807) is 25.1 Å². The summed E-state index contributed by atoms with van der Waals surface area (Å²) in [5, 5.41) is 9.04. The zero-order valence-electron chi connectivity index (χ0n) is 12.5. The lowest BCUT2D eigenvalue weighted by atomic mass is 9.96. The molecule has 0 bridgehead atoms. The molecule has 2 aromatic rings. The molecule has 0 aromatic heterocycles. The number of aliphatic carboxylic acids is 1. The predicted octanol–water partition coefficient (Wildman–Crippen LogP) is 4.57. The number of benzene rings is 2. The number of ether oxygens (including phenoxy) is 1. The van der Waals surface area contributed by atoms with Crippen molar-refractivity contribution in [3.05, 3.63) is 53.6 Å². The van der Waals surface area contributed by atoms with Crippen molar-refractivity contribution in [1.29, 1.82) is 0 Å². The smallest absolute Gasteiger partial charge is 0.416 e. The third kappa shape index (κ3) is 3.64. The van der Waals surface area contributed by atoms with Gasteiger partial charge in [0.15, 0.2) is 0 Å². The van der Waals surface area contributed by atoms with E-state index in [0.29, 0.717) is 22.4 Å². The van der Waals surface area contributed by atoms with Crippen molar-refractivity contribution in [2.24, 2.45) is 0 Å². The summed E-state index contributed by atoms with van der Waals surface area (Å²) in [7, 11) is 1.43. The van der Waals surface area contributed by atoms with Crippen LogP contribution in [-0.2, 0) is 11.0 Å². The van der Waals surface area contributed by atoms with Gasteiger partial charge < -0.3 is 9.84 Å². The first-order chi connectivity index (χ1) is 10.7. The number of carboxylic acid groups (broad SMARTS) is 1. The van der Waals surface area contributed by atoms with Crippen molar-refractivity contribution in [1.82, 2.24) is 0 Å². The van der Waals surface area contributed by atoms with Gasteiger partial charge in [0.1, 0.15) is 5.75 Å². The van der Waals surface area contributed by atoms with Gasteiger partial charge in [0.2, 0.25) is 0 Å². The lowest BCUT2D eigenvalue weighted by Crippen LogP contribution is -2.07.